The fourth-order valence-corrected chi connectivity index (χ4v) is 11.7. The molecule has 4 fully saturated rings. The average molecular weight is 612 g/mol. The van der Waals surface area contributed by atoms with Crippen molar-refractivity contribution in [1.29, 1.82) is 0 Å². The van der Waals surface area contributed by atoms with Gasteiger partial charge in [0.05, 0.1) is 5.41 Å². The van der Waals surface area contributed by atoms with E-state index in [0.717, 1.165) is 77.4 Å². The van der Waals surface area contributed by atoms with Crippen molar-refractivity contribution in [2.45, 2.75) is 133 Å². The summed E-state index contributed by atoms with van der Waals surface area (Å²) in [5, 5.41) is 0. The van der Waals surface area contributed by atoms with E-state index in [1.54, 1.807) is 0 Å². The molecule has 5 aliphatic carbocycles. The summed E-state index contributed by atoms with van der Waals surface area (Å²) >= 11 is 0. The Bertz CT molecular complexity index is 1200. The van der Waals surface area contributed by atoms with E-state index in [0.29, 0.717) is 18.3 Å². The Morgan fingerprint density at radius 1 is 0.909 bits per heavy atom. The van der Waals surface area contributed by atoms with Gasteiger partial charge < -0.3 is 14.4 Å². The first kappa shape index (κ1) is 33.7. The molecule has 9 atom stereocenters. The van der Waals surface area contributed by atoms with Gasteiger partial charge >= 0.3 is 11.9 Å². The second kappa shape index (κ2) is 11.2. The fraction of sp³-hybridized carbons (Fsp3) is 0.868. The van der Waals surface area contributed by atoms with Crippen LogP contribution in [0.15, 0.2) is 11.6 Å². The van der Waals surface area contributed by atoms with Crippen molar-refractivity contribution in [2.24, 2.45) is 50.2 Å². The van der Waals surface area contributed by atoms with E-state index in [-0.39, 0.29) is 57.0 Å². The molecule has 44 heavy (non-hydrogen) atoms. The van der Waals surface area contributed by atoms with Crippen molar-refractivity contribution in [1.82, 2.24) is 4.90 Å². The van der Waals surface area contributed by atoms with Crippen LogP contribution < -0.4 is 0 Å². The Morgan fingerprint density at radius 2 is 1.57 bits per heavy atom. The van der Waals surface area contributed by atoms with Crippen molar-refractivity contribution < 1.29 is 23.9 Å². The lowest BCUT2D eigenvalue weighted by Gasteiger charge is -2.70. The molecule has 0 bridgehead atoms. The highest BCUT2D eigenvalue weighted by molar-refractivity contribution is 5.95. The maximum atomic E-state index is 14.6. The number of carbonyl (C=O) groups excluding carboxylic acids is 3. The lowest BCUT2D eigenvalue weighted by molar-refractivity contribution is -0.210. The van der Waals surface area contributed by atoms with Gasteiger partial charge in [0.1, 0.15) is 12.7 Å². The van der Waals surface area contributed by atoms with E-state index in [2.05, 4.69) is 73.3 Å². The molecule has 0 aliphatic heterocycles. The summed E-state index contributed by atoms with van der Waals surface area (Å²) in [7, 11) is 0. The number of hydrogen-bond acceptors (Lipinski definition) is 6. The van der Waals surface area contributed by atoms with Gasteiger partial charge in [-0.2, -0.15) is 0 Å². The Hall–Kier alpha value is -1.69. The minimum absolute atomic E-state index is 0.0515. The molecule has 248 valence electrons. The number of nitrogens with zero attached hydrogens (tertiary/aromatic N) is 1. The number of allylic oxidation sites excluding steroid dienone is 2. The van der Waals surface area contributed by atoms with E-state index in [9.17, 15) is 14.4 Å². The minimum atomic E-state index is -0.532. The highest BCUT2D eigenvalue weighted by Gasteiger charge is 2.70. The molecule has 0 aromatic heterocycles. The maximum Gasteiger partial charge on any atom is 0.311 e. The van der Waals surface area contributed by atoms with Crippen LogP contribution >= 0.6 is 0 Å². The van der Waals surface area contributed by atoms with Crippen molar-refractivity contribution in [3.8, 4) is 0 Å². The van der Waals surface area contributed by atoms with E-state index in [4.69, 9.17) is 9.47 Å². The molecule has 5 rings (SSSR count). The summed E-state index contributed by atoms with van der Waals surface area (Å²) in [4.78, 5) is 42.6. The SMILES string of the molecule is CCN(CC)CCOC(=O)[C@]1(C)CC[C@@]2(C)CC[C@]3(C)C(=CC(=O)[C@H]4[C@@]5(C)CC[C@H](OC(C)=O)C(C)(C)[C@@H]5CC[C@@]43C)[C@@H]2C1. The zero-order valence-electron chi connectivity index (χ0n) is 29.6. The summed E-state index contributed by atoms with van der Waals surface area (Å²) in [5.41, 5.74) is 0.317. The first-order valence-electron chi connectivity index (χ1n) is 17.7. The Kier molecular flexibility index (Phi) is 8.59. The number of ketones is 1. The molecule has 4 saturated carbocycles. The van der Waals surface area contributed by atoms with Crippen molar-refractivity contribution >= 4 is 17.7 Å². The second-order valence-corrected chi connectivity index (χ2v) is 17.4. The Balaban J connectivity index is 1.45. The van der Waals surface area contributed by atoms with Crippen LogP contribution in [0.2, 0.25) is 0 Å². The van der Waals surface area contributed by atoms with Crippen LogP contribution in [0.1, 0.15) is 127 Å². The molecule has 5 aliphatic rings. The van der Waals surface area contributed by atoms with E-state index < -0.39 is 5.41 Å². The van der Waals surface area contributed by atoms with Gasteiger partial charge in [0, 0.05) is 24.8 Å². The van der Waals surface area contributed by atoms with Crippen LogP contribution in [0.5, 0.6) is 0 Å². The number of carbonyl (C=O) groups is 3. The average Bonchev–Trinajstić information content (AvgIpc) is 2.94. The van der Waals surface area contributed by atoms with Crippen LogP contribution in [0.4, 0.5) is 0 Å². The van der Waals surface area contributed by atoms with Gasteiger partial charge in [-0.1, -0.05) is 61.0 Å². The highest BCUT2D eigenvalue weighted by Crippen LogP contribution is 2.75. The Labute approximate surface area is 267 Å². The zero-order chi connectivity index (χ0) is 32.5. The van der Waals surface area contributed by atoms with Gasteiger partial charge in [-0.15, -0.1) is 0 Å². The summed E-state index contributed by atoms with van der Waals surface area (Å²) in [6.45, 7) is 25.2. The van der Waals surface area contributed by atoms with Gasteiger partial charge in [0.15, 0.2) is 5.78 Å². The minimum Gasteiger partial charge on any atom is -0.464 e. The summed E-state index contributed by atoms with van der Waals surface area (Å²) in [6, 6.07) is 0. The molecule has 0 aromatic carbocycles. The van der Waals surface area contributed by atoms with Crippen LogP contribution in [0, 0.1) is 50.2 Å². The van der Waals surface area contributed by atoms with Crippen LogP contribution in [-0.2, 0) is 23.9 Å². The fourth-order valence-electron chi connectivity index (χ4n) is 11.7. The standard InChI is InChI=1S/C38H61NO5/c1-11-39(12-2)21-22-43-32(42)35(7)18-17-34(6)19-20-37(9)26(27(34)24-35)23-28(41)31-36(8)15-14-30(44-25(3)40)33(4,5)29(36)13-16-38(31,37)10/h23,27,29-31H,11-22,24H2,1-10H3/t27-,29-,30-,31-,34-,35+,36-,37+,38-/m0/s1. The smallest absolute Gasteiger partial charge is 0.311 e. The highest BCUT2D eigenvalue weighted by atomic mass is 16.5. The molecule has 0 unspecified atom stereocenters. The lowest BCUT2D eigenvalue weighted by atomic mass is 9.33. The van der Waals surface area contributed by atoms with E-state index in [1.165, 1.54) is 12.5 Å². The zero-order valence-corrected chi connectivity index (χ0v) is 29.6. The third-order valence-corrected chi connectivity index (χ3v) is 14.8. The summed E-state index contributed by atoms with van der Waals surface area (Å²) in [5.74, 6) is 0.492. The normalized spacial score (nSPS) is 44.4. The van der Waals surface area contributed by atoms with Gasteiger partial charge in [-0.3, -0.25) is 14.4 Å². The van der Waals surface area contributed by atoms with Gasteiger partial charge in [-0.25, -0.2) is 0 Å². The lowest BCUT2D eigenvalue weighted by Crippen LogP contribution is -2.66. The van der Waals surface area contributed by atoms with Crippen LogP contribution in [0.3, 0.4) is 0 Å². The molecule has 6 heteroatoms. The predicted octanol–water partition coefficient (Wildman–Crippen LogP) is 7.78. The third-order valence-electron chi connectivity index (χ3n) is 14.8. The first-order chi connectivity index (χ1) is 20.4. The molecule has 0 N–H and O–H groups in total. The maximum absolute atomic E-state index is 14.6. The first-order valence-corrected chi connectivity index (χ1v) is 17.7. The molecule has 0 heterocycles. The van der Waals surface area contributed by atoms with E-state index in [1.807, 2.05) is 0 Å². The van der Waals surface area contributed by atoms with E-state index >= 15 is 0 Å². The number of esters is 2. The Morgan fingerprint density at radius 3 is 2.20 bits per heavy atom. The monoisotopic (exact) mass is 611 g/mol. The molecule has 0 saturated heterocycles. The molecule has 6 nitrogen and oxygen atoms in total. The number of likely N-dealkylation sites (N-methyl/N-ethyl adjacent to an activating group) is 1. The third kappa shape index (κ3) is 4.94. The summed E-state index contributed by atoms with van der Waals surface area (Å²) in [6.07, 6.45) is 10.6. The number of hydrogen-bond donors (Lipinski definition) is 0. The van der Waals surface area contributed by atoms with Crippen molar-refractivity contribution in [3.63, 3.8) is 0 Å². The largest absolute Gasteiger partial charge is 0.464 e. The quantitative estimate of drug-likeness (QED) is 0.274. The van der Waals surface area contributed by atoms with Crippen LogP contribution in [0.25, 0.3) is 0 Å². The van der Waals surface area contributed by atoms with Crippen molar-refractivity contribution in [3.05, 3.63) is 11.6 Å². The van der Waals surface area contributed by atoms with Gasteiger partial charge in [-0.05, 0) is 117 Å². The number of ether oxygens (including phenoxy) is 2. The molecular formula is C38H61NO5. The summed E-state index contributed by atoms with van der Waals surface area (Å²) < 4.78 is 11.8. The van der Waals surface area contributed by atoms with Crippen molar-refractivity contribution in [2.75, 3.05) is 26.2 Å². The number of rotatable bonds is 7. The van der Waals surface area contributed by atoms with Gasteiger partial charge in [0.25, 0.3) is 0 Å². The van der Waals surface area contributed by atoms with Crippen LogP contribution in [-0.4, -0.2) is 55.0 Å². The predicted molar refractivity (Wildman–Crippen MR) is 174 cm³/mol. The number of fused-ring (bicyclic) bond motifs is 7. The molecule has 0 amide bonds. The molecule has 0 radical (unpaired) electrons. The molecular weight excluding hydrogens is 550 g/mol. The molecule has 0 aromatic rings. The topological polar surface area (TPSA) is 72.9 Å². The molecule has 0 spiro atoms. The second-order valence-electron chi connectivity index (χ2n) is 17.4. The van der Waals surface area contributed by atoms with Gasteiger partial charge in [0.2, 0.25) is 0 Å².